The molecule has 0 spiro atoms. The van der Waals surface area contributed by atoms with E-state index < -0.39 is 0 Å². The van der Waals surface area contributed by atoms with E-state index >= 15 is 0 Å². The number of benzene rings is 2. The largest absolute Gasteiger partial charge is 0.497 e. The molecule has 0 unspecified atom stereocenters. The molecule has 0 saturated heterocycles. The molecule has 0 bridgehead atoms. The van der Waals surface area contributed by atoms with Crippen molar-refractivity contribution in [2.75, 3.05) is 12.8 Å². The van der Waals surface area contributed by atoms with Crippen molar-refractivity contribution in [2.24, 2.45) is 0 Å². The summed E-state index contributed by atoms with van der Waals surface area (Å²) in [5.41, 5.74) is 7.23. The molecule has 5 heteroatoms. The molecule has 20 heavy (non-hydrogen) atoms. The highest BCUT2D eigenvalue weighted by Crippen LogP contribution is 2.29. The molecule has 100 valence electrons. The van der Waals surface area contributed by atoms with Gasteiger partial charge in [0.15, 0.2) is 0 Å². The summed E-state index contributed by atoms with van der Waals surface area (Å²) in [4.78, 5) is 8.36. The molecule has 0 saturated carbocycles. The second-order valence-electron chi connectivity index (χ2n) is 4.24. The summed E-state index contributed by atoms with van der Waals surface area (Å²) in [6.45, 7) is 0. The minimum Gasteiger partial charge on any atom is -0.497 e. The molecule has 2 aromatic carbocycles. The SMILES string of the molecule is COc1cccc(Oc2ncnc3ccc(N)cc23)c1. The van der Waals surface area contributed by atoms with Gasteiger partial charge in [-0.25, -0.2) is 9.97 Å². The molecule has 0 fully saturated rings. The number of nitrogen functional groups attached to an aromatic ring is 1. The minimum atomic E-state index is 0.468. The van der Waals surface area contributed by atoms with Crippen LogP contribution in [0, 0.1) is 0 Å². The van der Waals surface area contributed by atoms with Crippen LogP contribution in [0.2, 0.25) is 0 Å². The van der Waals surface area contributed by atoms with Gasteiger partial charge < -0.3 is 15.2 Å². The van der Waals surface area contributed by atoms with Crippen molar-refractivity contribution in [3.63, 3.8) is 0 Å². The number of hydrogen-bond donors (Lipinski definition) is 1. The van der Waals surface area contributed by atoms with E-state index in [1.807, 2.05) is 24.3 Å². The van der Waals surface area contributed by atoms with Crippen molar-refractivity contribution >= 4 is 16.6 Å². The third kappa shape index (κ3) is 2.33. The second kappa shape index (κ2) is 5.05. The Hall–Kier alpha value is -2.82. The van der Waals surface area contributed by atoms with E-state index in [-0.39, 0.29) is 0 Å². The maximum Gasteiger partial charge on any atom is 0.230 e. The van der Waals surface area contributed by atoms with Gasteiger partial charge in [0.25, 0.3) is 0 Å². The summed E-state index contributed by atoms with van der Waals surface area (Å²) in [7, 11) is 1.61. The van der Waals surface area contributed by atoms with Gasteiger partial charge in [-0.1, -0.05) is 6.07 Å². The highest BCUT2D eigenvalue weighted by atomic mass is 16.5. The average Bonchev–Trinajstić information content (AvgIpc) is 2.48. The first-order valence-electron chi connectivity index (χ1n) is 6.08. The van der Waals surface area contributed by atoms with Crippen LogP contribution in [0.1, 0.15) is 0 Å². The van der Waals surface area contributed by atoms with Gasteiger partial charge in [-0.2, -0.15) is 0 Å². The zero-order valence-electron chi connectivity index (χ0n) is 10.9. The molecule has 0 aliphatic rings. The summed E-state index contributed by atoms with van der Waals surface area (Å²) in [5.74, 6) is 1.84. The van der Waals surface area contributed by atoms with Gasteiger partial charge in [0.1, 0.15) is 17.8 Å². The van der Waals surface area contributed by atoms with Crippen LogP contribution in [0.5, 0.6) is 17.4 Å². The Balaban J connectivity index is 2.03. The molecular formula is C15H13N3O2. The van der Waals surface area contributed by atoms with E-state index in [9.17, 15) is 0 Å². The first kappa shape index (κ1) is 12.2. The van der Waals surface area contributed by atoms with Crippen molar-refractivity contribution in [2.45, 2.75) is 0 Å². The predicted octanol–water partition coefficient (Wildman–Crippen LogP) is 3.01. The monoisotopic (exact) mass is 267 g/mol. The smallest absolute Gasteiger partial charge is 0.230 e. The number of rotatable bonds is 3. The van der Waals surface area contributed by atoms with E-state index in [4.69, 9.17) is 15.2 Å². The van der Waals surface area contributed by atoms with E-state index in [2.05, 4.69) is 9.97 Å². The molecule has 3 aromatic rings. The van der Waals surface area contributed by atoms with Crippen LogP contribution in [0.15, 0.2) is 48.8 Å². The third-order valence-electron chi connectivity index (χ3n) is 2.88. The fraction of sp³-hybridized carbons (Fsp3) is 0.0667. The van der Waals surface area contributed by atoms with E-state index in [0.717, 1.165) is 16.7 Å². The quantitative estimate of drug-likeness (QED) is 0.739. The fourth-order valence-corrected chi connectivity index (χ4v) is 1.91. The first-order valence-corrected chi connectivity index (χ1v) is 6.08. The Bertz CT molecular complexity index is 759. The number of nitrogens with zero attached hydrogens (tertiary/aromatic N) is 2. The fourth-order valence-electron chi connectivity index (χ4n) is 1.91. The van der Waals surface area contributed by atoms with Crippen LogP contribution in [0.4, 0.5) is 5.69 Å². The van der Waals surface area contributed by atoms with Crippen LogP contribution in [-0.4, -0.2) is 17.1 Å². The third-order valence-corrected chi connectivity index (χ3v) is 2.88. The van der Waals surface area contributed by atoms with E-state index in [0.29, 0.717) is 17.3 Å². The number of nitrogens with two attached hydrogens (primary N) is 1. The van der Waals surface area contributed by atoms with Crippen LogP contribution in [0.3, 0.4) is 0 Å². The molecule has 0 amide bonds. The van der Waals surface area contributed by atoms with Gasteiger partial charge >= 0.3 is 0 Å². The number of anilines is 1. The zero-order chi connectivity index (χ0) is 13.9. The maximum absolute atomic E-state index is 5.80. The Morgan fingerprint density at radius 3 is 2.70 bits per heavy atom. The second-order valence-corrected chi connectivity index (χ2v) is 4.24. The summed E-state index contributed by atoms with van der Waals surface area (Å²) >= 11 is 0. The van der Waals surface area contributed by atoms with Crippen molar-refractivity contribution in [3.8, 4) is 17.4 Å². The topological polar surface area (TPSA) is 70.3 Å². The highest BCUT2D eigenvalue weighted by molar-refractivity contribution is 5.86. The summed E-state index contributed by atoms with van der Waals surface area (Å²) < 4.78 is 11.0. The van der Waals surface area contributed by atoms with Crippen molar-refractivity contribution in [1.29, 1.82) is 0 Å². The molecule has 2 N–H and O–H groups in total. The normalized spacial score (nSPS) is 10.4. The summed E-state index contributed by atoms with van der Waals surface area (Å²) in [6, 6.07) is 12.8. The standard InChI is InChI=1S/C15H13N3O2/c1-19-11-3-2-4-12(8-11)20-15-13-7-10(16)5-6-14(13)17-9-18-15/h2-9H,16H2,1H3. The number of aromatic nitrogens is 2. The number of methoxy groups -OCH3 is 1. The first-order chi connectivity index (χ1) is 9.76. The van der Waals surface area contributed by atoms with Gasteiger partial charge in [0, 0.05) is 11.8 Å². The molecular weight excluding hydrogens is 254 g/mol. The molecule has 1 heterocycles. The van der Waals surface area contributed by atoms with Gasteiger partial charge in [0.2, 0.25) is 5.88 Å². The maximum atomic E-state index is 5.80. The van der Waals surface area contributed by atoms with Crippen molar-refractivity contribution in [1.82, 2.24) is 9.97 Å². The number of fused-ring (bicyclic) bond motifs is 1. The number of hydrogen-bond acceptors (Lipinski definition) is 5. The lowest BCUT2D eigenvalue weighted by atomic mass is 10.2. The average molecular weight is 267 g/mol. The van der Waals surface area contributed by atoms with E-state index in [1.54, 1.807) is 25.3 Å². The molecule has 3 rings (SSSR count). The number of ether oxygens (including phenoxy) is 2. The zero-order valence-corrected chi connectivity index (χ0v) is 10.9. The predicted molar refractivity (Wildman–Crippen MR) is 77.0 cm³/mol. The molecule has 0 aliphatic heterocycles. The lowest BCUT2D eigenvalue weighted by Gasteiger charge is -2.08. The Kier molecular flexibility index (Phi) is 3.09. The Labute approximate surface area is 116 Å². The minimum absolute atomic E-state index is 0.468. The molecule has 1 aromatic heterocycles. The summed E-state index contributed by atoms with van der Waals surface area (Å²) in [5, 5.41) is 0.773. The lowest BCUT2D eigenvalue weighted by Crippen LogP contribution is -1.93. The van der Waals surface area contributed by atoms with Gasteiger partial charge in [-0.15, -0.1) is 0 Å². The van der Waals surface area contributed by atoms with Crippen LogP contribution < -0.4 is 15.2 Å². The van der Waals surface area contributed by atoms with Crippen LogP contribution >= 0.6 is 0 Å². The molecule has 0 atom stereocenters. The summed E-state index contributed by atoms with van der Waals surface area (Å²) in [6.07, 6.45) is 1.47. The van der Waals surface area contributed by atoms with Gasteiger partial charge in [-0.05, 0) is 30.3 Å². The Morgan fingerprint density at radius 1 is 1.00 bits per heavy atom. The molecule has 5 nitrogen and oxygen atoms in total. The van der Waals surface area contributed by atoms with Crippen LogP contribution in [0.25, 0.3) is 10.9 Å². The van der Waals surface area contributed by atoms with E-state index in [1.165, 1.54) is 6.33 Å². The van der Waals surface area contributed by atoms with Crippen molar-refractivity contribution in [3.05, 3.63) is 48.8 Å². The molecule has 0 radical (unpaired) electrons. The highest BCUT2D eigenvalue weighted by Gasteiger charge is 2.07. The lowest BCUT2D eigenvalue weighted by molar-refractivity contribution is 0.408. The van der Waals surface area contributed by atoms with Crippen molar-refractivity contribution < 1.29 is 9.47 Å². The van der Waals surface area contributed by atoms with Gasteiger partial charge in [0.05, 0.1) is 18.0 Å². The van der Waals surface area contributed by atoms with Gasteiger partial charge in [-0.3, -0.25) is 0 Å². The molecule has 0 aliphatic carbocycles. The van der Waals surface area contributed by atoms with Crippen LogP contribution in [-0.2, 0) is 0 Å². The Morgan fingerprint density at radius 2 is 1.85 bits per heavy atom.